The second-order valence-electron chi connectivity index (χ2n) is 3.63. The van der Waals surface area contributed by atoms with E-state index in [1.54, 1.807) is 11.8 Å². The van der Waals surface area contributed by atoms with Crippen molar-refractivity contribution in [2.75, 3.05) is 13.1 Å². The zero-order valence-corrected chi connectivity index (χ0v) is 10.6. The summed E-state index contributed by atoms with van der Waals surface area (Å²) in [5.41, 5.74) is 2.65. The van der Waals surface area contributed by atoms with E-state index in [0.29, 0.717) is 0 Å². The Morgan fingerprint density at radius 3 is 2.56 bits per heavy atom. The fourth-order valence-electron chi connectivity index (χ4n) is 1.85. The van der Waals surface area contributed by atoms with Crippen molar-refractivity contribution < 1.29 is 4.90 Å². The summed E-state index contributed by atoms with van der Waals surface area (Å²) in [6.07, 6.45) is 0. The number of hydrogen-bond acceptors (Lipinski definition) is 2. The average Bonchev–Trinajstić information content (AvgIpc) is 2.73. The Morgan fingerprint density at radius 2 is 1.94 bits per heavy atom. The Hall–Kier alpha value is -1.06. The molecule has 3 heteroatoms. The van der Waals surface area contributed by atoms with Crippen LogP contribution in [0.3, 0.4) is 0 Å². The van der Waals surface area contributed by atoms with E-state index in [1.165, 1.54) is 21.3 Å². The van der Waals surface area contributed by atoms with E-state index in [-0.39, 0.29) is 0 Å². The van der Waals surface area contributed by atoms with Gasteiger partial charge in [0.05, 0.1) is 6.54 Å². The van der Waals surface area contributed by atoms with Crippen molar-refractivity contribution in [2.24, 2.45) is 4.99 Å². The van der Waals surface area contributed by atoms with Gasteiger partial charge in [0.1, 0.15) is 0 Å². The Bertz CT molecular complexity index is 409. The second-order valence-corrected chi connectivity index (χ2v) is 4.49. The summed E-state index contributed by atoms with van der Waals surface area (Å²) in [6.45, 7) is 6.19. The summed E-state index contributed by atoms with van der Waals surface area (Å²) in [4.78, 5) is 5.93. The van der Waals surface area contributed by atoms with Gasteiger partial charge >= 0.3 is 0 Å². The summed E-state index contributed by atoms with van der Waals surface area (Å²) in [6, 6.07) is 10.6. The van der Waals surface area contributed by atoms with E-state index < -0.39 is 0 Å². The molecule has 0 saturated carbocycles. The van der Waals surface area contributed by atoms with E-state index in [1.807, 2.05) is 0 Å². The van der Waals surface area contributed by atoms with Crippen LogP contribution in [0.2, 0.25) is 0 Å². The highest BCUT2D eigenvalue weighted by atomic mass is 32.2. The third-order valence-corrected chi connectivity index (χ3v) is 3.56. The molecule has 1 atom stereocenters. The summed E-state index contributed by atoms with van der Waals surface area (Å²) in [5.74, 6) is 0. The van der Waals surface area contributed by atoms with Crippen molar-refractivity contribution in [3.05, 3.63) is 41.3 Å². The number of benzene rings is 1. The molecule has 1 unspecified atom stereocenters. The first kappa shape index (κ1) is 11.4. The minimum absolute atomic E-state index is 0.863. The minimum Gasteiger partial charge on any atom is -0.247 e. The molecule has 1 aliphatic heterocycles. The molecule has 16 heavy (non-hydrogen) atoms. The van der Waals surface area contributed by atoms with Crippen LogP contribution >= 0.6 is 11.8 Å². The Labute approximate surface area is 101 Å². The predicted octanol–water partition coefficient (Wildman–Crippen LogP) is 2.01. The van der Waals surface area contributed by atoms with Crippen LogP contribution in [0, 0.1) is 0 Å². The summed E-state index contributed by atoms with van der Waals surface area (Å²) >= 11 is 1.75. The molecule has 0 aromatic heterocycles. The normalized spacial score (nSPS) is 22.5. The second kappa shape index (κ2) is 5.32. The fraction of sp³-hybridized carbons (Fsp3) is 0.308. The molecule has 0 saturated heterocycles. The summed E-state index contributed by atoms with van der Waals surface area (Å²) in [7, 11) is 0. The van der Waals surface area contributed by atoms with Crippen molar-refractivity contribution in [1.82, 2.24) is 0 Å². The standard InChI is InChI=1S/C13H16N2S/c1-3-14-13-15(4-2)12(10-16-13)11-8-6-5-7-9-11/h5-10H,3-4H2,1-2H3/p+1. The molecule has 0 radical (unpaired) electrons. The largest absolute Gasteiger partial charge is 0.267 e. The maximum atomic E-state index is 4.54. The SMILES string of the molecule is CCN=C1SC=C(c2ccccc2)[NH+]1CC. The number of amidine groups is 1. The van der Waals surface area contributed by atoms with Gasteiger partial charge in [0.15, 0.2) is 5.70 Å². The summed E-state index contributed by atoms with van der Waals surface area (Å²) in [5, 5.41) is 3.42. The molecular formula is C13H17N2S+. The lowest BCUT2D eigenvalue weighted by molar-refractivity contribution is -0.715. The molecule has 84 valence electrons. The maximum Gasteiger partial charge on any atom is 0.267 e. The van der Waals surface area contributed by atoms with E-state index in [4.69, 9.17) is 0 Å². The van der Waals surface area contributed by atoms with Gasteiger partial charge in [-0.2, -0.15) is 0 Å². The number of hydrogen-bond donors (Lipinski definition) is 1. The topological polar surface area (TPSA) is 16.8 Å². The number of thioether (sulfide) groups is 1. The van der Waals surface area contributed by atoms with Gasteiger partial charge in [0.2, 0.25) is 0 Å². The van der Waals surface area contributed by atoms with Gasteiger partial charge in [0.25, 0.3) is 5.17 Å². The Morgan fingerprint density at radius 1 is 1.19 bits per heavy atom. The van der Waals surface area contributed by atoms with Gasteiger partial charge in [-0.05, 0) is 37.7 Å². The fourth-order valence-corrected chi connectivity index (χ4v) is 2.96. The van der Waals surface area contributed by atoms with Crippen LogP contribution in [0.1, 0.15) is 19.4 Å². The molecule has 2 nitrogen and oxygen atoms in total. The zero-order valence-electron chi connectivity index (χ0n) is 9.73. The molecule has 1 N–H and O–H groups in total. The molecule has 1 aromatic carbocycles. The third-order valence-electron chi connectivity index (χ3n) is 2.61. The molecule has 0 amide bonds. The number of rotatable bonds is 3. The highest BCUT2D eigenvalue weighted by Crippen LogP contribution is 2.19. The molecule has 0 fully saturated rings. The van der Waals surface area contributed by atoms with Gasteiger partial charge in [-0.1, -0.05) is 18.2 Å². The van der Waals surface area contributed by atoms with Crippen LogP contribution < -0.4 is 4.90 Å². The average molecular weight is 233 g/mol. The number of aliphatic imine (C=N–C) groups is 1. The third kappa shape index (κ3) is 2.20. The zero-order chi connectivity index (χ0) is 11.4. The van der Waals surface area contributed by atoms with Gasteiger partial charge in [-0.15, -0.1) is 0 Å². The molecule has 0 bridgehead atoms. The highest BCUT2D eigenvalue weighted by molar-refractivity contribution is 8.16. The van der Waals surface area contributed by atoms with Crippen LogP contribution in [0.4, 0.5) is 0 Å². The molecule has 1 aromatic rings. The number of nitrogens with zero attached hydrogens (tertiary/aromatic N) is 1. The molecule has 0 spiro atoms. The van der Waals surface area contributed by atoms with Gasteiger partial charge in [0, 0.05) is 17.5 Å². The summed E-state index contributed by atoms with van der Waals surface area (Å²) < 4.78 is 0. The van der Waals surface area contributed by atoms with E-state index in [9.17, 15) is 0 Å². The lowest BCUT2D eigenvalue weighted by atomic mass is 10.1. The van der Waals surface area contributed by atoms with Crippen LogP contribution in [-0.4, -0.2) is 18.3 Å². The van der Waals surface area contributed by atoms with Crippen LogP contribution in [0.5, 0.6) is 0 Å². The first-order chi connectivity index (χ1) is 7.86. The van der Waals surface area contributed by atoms with E-state index >= 15 is 0 Å². The Kier molecular flexibility index (Phi) is 3.80. The monoisotopic (exact) mass is 233 g/mol. The van der Waals surface area contributed by atoms with Gasteiger partial charge in [-0.25, -0.2) is 9.89 Å². The maximum absolute atomic E-state index is 4.54. The number of quaternary nitrogens is 1. The first-order valence-electron chi connectivity index (χ1n) is 5.70. The number of nitrogens with one attached hydrogen (secondary N) is 1. The van der Waals surface area contributed by atoms with Crippen LogP contribution in [0.25, 0.3) is 5.70 Å². The van der Waals surface area contributed by atoms with Gasteiger partial charge < -0.3 is 0 Å². The van der Waals surface area contributed by atoms with Crippen LogP contribution in [0.15, 0.2) is 40.7 Å². The van der Waals surface area contributed by atoms with Gasteiger partial charge in [-0.3, -0.25) is 0 Å². The molecule has 0 aliphatic carbocycles. The first-order valence-corrected chi connectivity index (χ1v) is 6.58. The Balaban J connectivity index is 2.27. The van der Waals surface area contributed by atoms with Crippen molar-refractivity contribution in [3.8, 4) is 0 Å². The highest BCUT2D eigenvalue weighted by Gasteiger charge is 2.28. The molecule has 1 aliphatic rings. The van der Waals surface area contributed by atoms with E-state index in [0.717, 1.165) is 13.1 Å². The van der Waals surface area contributed by atoms with Crippen molar-refractivity contribution >= 4 is 22.6 Å². The smallest absolute Gasteiger partial charge is 0.247 e. The predicted molar refractivity (Wildman–Crippen MR) is 71.5 cm³/mol. The molecular weight excluding hydrogens is 216 g/mol. The molecule has 1 heterocycles. The van der Waals surface area contributed by atoms with E-state index in [2.05, 4.69) is 54.6 Å². The molecule has 2 rings (SSSR count). The quantitative estimate of drug-likeness (QED) is 0.845. The van der Waals surface area contributed by atoms with Crippen molar-refractivity contribution in [1.29, 1.82) is 0 Å². The lowest BCUT2D eigenvalue weighted by Crippen LogP contribution is -3.10. The lowest BCUT2D eigenvalue weighted by Gasteiger charge is -2.13. The minimum atomic E-state index is 0.863. The van der Waals surface area contributed by atoms with Crippen molar-refractivity contribution in [2.45, 2.75) is 13.8 Å². The van der Waals surface area contributed by atoms with Crippen molar-refractivity contribution in [3.63, 3.8) is 0 Å². The van der Waals surface area contributed by atoms with Crippen LogP contribution in [-0.2, 0) is 0 Å².